The average Bonchev–Trinajstić information content (AvgIpc) is 2.84. The molecule has 1 amide bonds. The number of alkyl halides is 2. The second kappa shape index (κ2) is 6.63. The molecule has 1 aliphatic carbocycles. The molecule has 0 saturated heterocycles. The Labute approximate surface area is 121 Å². The molecule has 1 unspecified atom stereocenters. The minimum Gasteiger partial charge on any atom is -0.349 e. The van der Waals surface area contributed by atoms with E-state index in [1.807, 2.05) is 11.4 Å². The highest BCUT2D eigenvalue weighted by atomic mass is 35.5. The second-order valence-electron chi connectivity index (χ2n) is 4.52. The van der Waals surface area contributed by atoms with Gasteiger partial charge in [-0.3, -0.25) is 4.79 Å². The van der Waals surface area contributed by atoms with Crippen molar-refractivity contribution in [2.45, 2.75) is 31.1 Å². The molecule has 19 heavy (non-hydrogen) atoms. The zero-order chi connectivity index (χ0) is 13.2. The molecule has 3 N–H and O–H groups in total. The molecular formula is C12H17ClF2N2OS. The number of carbonyl (C=O) groups excluding carboxylic acids is 1. The van der Waals surface area contributed by atoms with Gasteiger partial charge in [0.15, 0.2) is 0 Å². The number of rotatable bonds is 4. The first-order valence-corrected chi connectivity index (χ1v) is 6.83. The van der Waals surface area contributed by atoms with Gasteiger partial charge in [-0.1, -0.05) is 0 Å². The van der Waals surface area contributed by atoms with Gasteiger partial charge in [0.1, 0.15) is 0 Å². The maximum atomic E-state index is 13.0. The van der Waals surface area contributed by atoms with Crippen molar-refractivity contribution in [1.29, 1.82) is 0 Å². The first kappa shape index (κ1) is 16.3. The van der Waals surface area contributed by atoms with Gasteiger partial charge in [-0.25, -0.2) is 8.78 Å². The number of aryl methyl sites for hydroxylation is 1. The Balaban J connectivity index is 0.00000180. The lowest BCUT2D eigenvalue weighted by atomic mass is 9.87. The van der Waals surface area contributed by atoms with Crippen LogP contribution in [0.1, 0.15) is 29.2 Å². The van der Waals surface area contributed by atoms with Crippen LogP contribution in [0, 0.1) is 0 Å². The van der Waals surface area contributed by atoms with Crippen molar-refractivity contribution in [2.75, 3.05) is 13.1 Å². The van der Waals surface area contributed by atoms with Crippen LogP contribution < -0.4 is 11.1 Å². The summed E-state index contributed by atoms with van der Waals surface area (Å²) in [7, 11) is 0. The Morgan fingerprint density at radius 3 is 3.00 bits per heavy atom. The van der Waals surface area contributed by atoms with Crippen LogP contribution in [0.25, 0.3) is 0 Å². The Kier molecular flexibility index (Phi) is 5.70. The maximum Gasteiger partial charge on any atom is 0.277 e. The van der Waals surface area contributed by atoms with Gasteiger partial charge in [0.25, 0.3) is 5.92 Å². The van der Waals surface area contributed by atoms with Crippen LogP contribution in [0.4, 0.5) is 8.78 Å². The summed E-state index contributed by atoms with van der Waals surface area (Å²) in [6.45, 7) is -1.43. The highest BCUT2D eigenvalue weighted by molar-refractivity contribution is 7.10. The number of halogens is 3. The lowest BCUT2D eigenvalue weighted by molar-refractivity contribution is -0.124. The van der Waals surface area contributed by atoms with E-state index in [1.165, 1.54) is 4.88 Å². The SMILES string of the molecule is Cl.NCC(F)(F)CNC(=O)C1CCCc2sccc21. The van der Waals surface area contributed by atoms with Gasteiger partial charge in [0, 0.05) is 4.88 Å². The Hall–Kier alpha value is -0.720. The largest absolute Gasteiger partial charge is 0.349 e. The van der Waals surface area contributed by atoms with E-state index in [9.17, 15) is 13.6 Å². The summed E-state index contributed by atoms with van der Waals surface area (Å²) in [6.07, 6.45) is 2.64. The van der Waals surface area contributed by atoms with E-state index in [1.54, 1.807) is 11.3 Å². The molecule has 1 heterocycles. The Bertz CT molecular complexity index is 439. The Morgan fingerprint density at radius 1 is 1.58 bits per heavy atom. The van der Waals surface area contributed by atoms with Gasteiger partial charge < -0.3 is 11.1 Å². The highest BCUT2D eigenvalue weighted by Gasteiger charge is 2.31. The van der Waals surface area contributed by atoms with E-state index < -0.39 is 19.0 Å². The third-order valence-corrected chi connectivity index (χ3v) is 4.18. The van der Waals surface area contributed by atoms with E-state index in [0.29, 0.717) is 0 Å². The van der Waals surface area contributed by atoms with Crippen molar-refractivity contribution in [3.05, 3.63) is 21.9 Å². The number of hydrogen-bond donors (Lipinski definition) is 2. The molecule has 0 aromatic carbocycles. The van der Waals surface area contributed by atoms with Gasteiger partial charge in [-0.2, -0.15) is 0 Å². The van der Waals surface area contributed by atoms with Gasteiger partial charge in [0.2, 0.25) is 5.91 Å². The number of hydrogen-bond acceptors (Lipinski definition) is 3. The predicted octanol–water partition coefficient (Wildman–Crippen LogP) is 2.30. The smallest absolute Gasteiger partial charge is 0.277 e. The highest BCUT2D eigenvalue weighted by Crippen LogP contribution is 2.35. The lowest BCUT2D eigenvalue weighted by Gasteiger charge is -2.23. The summed E-state index contributed by atoms with van der Waals surface area (Å²) in [6, 6.07) is 1.92. The van der Waals surface area contributed by atoms with Crippen LogP contribution in [0.5, 0.6) is 0 Å². The minimum absolute atomic E-state index is 0. The van der Waals surface area contributed by atoms with Crippen molar-refractivity contribution in [3.8, 4) is 0 Å². The molecule has 0 radical (unpaired) electrons. The number of fused-ring (bicyclic) bond motifs is 1. The zero-order valence-corrected chi connectivity index (χ0v) is 12.0. The van der Waals surface area contributed by atoms with Crippen LogP contribution in [0.2, 0.25) is 0 Å². The third kappa shape index (κ3) is 3.87. The van der Waals surface area contributed by atoms with Crippen molar-refractivity contribution in [3.63, 3.8) is 0 Å². The van der Waals surface area contributed by atoms with Crippen LogP contribution in [0.15, 0.2) is 11.4 Å². The molecular weight excluding hydrogens is 294 g/mol. The molecule has 3 nitrogen and oxygen atoms in total. The summed E-state index contributed by atoms with van der Waals surface area (Å²) >= 11 is 1.63. The molecule has 0 bridgehead atoms. The molecule has 108 valence electrons. The molecule has 2 rings (SSSR count). The van der Waals surface area contributed by atoms with Crippen LogP contribution >= 0.6 is 23.7 Å². The molecule has 1 aromatic rings. The first-order chi connectivity index (χ1) is 8.53. The maximum absolute atomic E-state index is 13.0. The third-order valence-electron chi connectivity index (χ3n) is 3.19. The molecule has 1 aromatic heterocycles. The van der Waals surface area contributed by atoms with Crippen molar-refractivity contribution >= 4 is 29.7 Å². The minimum atomic E-state index is -3.03. The van der Waals surface area contributed by atoms with E-state index in [-0.39, 0.29) is 24.2 Å². The van der Waals surface area contributed by atoms with Gasteiger partial charge in [-0.15, -0.1) is 23.7 Å². The van der Waals surface area contributed by atoms with Crippen LogP contribution in [0.3, 0.4) is 0 Å². The topological polar surface area (TPSA) is 55.1 Å². The fourth-order valence-corrected chi connectivity index (χ4v) is 3.16. The number of nitrogens with one attached hydrogen (secondary N) is 1. The van der Waals surface area contributed by atoms with Gasteiger partial charge in [-0.05, 0) is 36.3 Å². The predicted molar refractivity (Wildman–Crippen MR) is 74.3 cm³/mol. The van der Waals surface area contributed by atoms with Gasteiger partial charge in [0.05, 0.1) is 19.0 Å². The normalized spacial score (nSPS) is 18.4. The summed E-state index contributed by atoms with van der Waals surface area (Å²) < 4.78 is 26.0. The van der Waals surface area contributed by atoms with Crippen LogP contribution in [-0.2, 0) is 11.2 Å². The van der Waals surface area contributed by atoms with E-state index >= 15 is 0 Å². The number of thiophene rings is 1. The van der Waals surface area contributed by atoms with Crippen LogP contribution in [-0.4, -0.2) is 24.9 Å². The number of amides is 1. The fourth-order valence-electron chi connectivity index (χ4n) is 2.17. The summed E-state index contributed by atoms with van der Waals surface area (Å²) in [4.78, 5) is 13.1. The fraction of sp³-hybridized carbons (Fsp3) is 0.583. The monoisotopic (exact) mass is 310 g/mol. The average molecular weight is 311 g/mol. The molecule has 0 spiro atoms. The second-order valence-corrected chi connectivity index (χ2v) is 5.52. The summed E-state index contributed by atoms with van der Waals surface area (Å²) in [5.41, 5.74) is 5.93. The molecule has 0 saturated carbocycles. The molecule has 0 fully saturated rings. The number of nitrogens with two attached hydrogens (primary N) is 1. The molecule has 1 aliphatic rings. The summed E-state index contributed by atoms with van der Waals surface area (Å²) in [5.74, 6) is -3.63. The lowest BCUT2D eigenvalue weighted by Crippen LogP contribution is -2.43. The van der Waals surface area contributed by atoms with Crippen molar-refractivity contribution in [2.24, 2.45) is 5.73 Å². The Morgan fingerprint density at radius 2 is 2.32 bits per heavy atom. The molecule has 0 aliphatic heterocycles. The zero-order valence-electron chi connectivity index (χ0n) is 10.3. The standard InChI is InChI=1S/C12H16F2N2OS.ClH/c13-12(14,6-15)7-16-11(17)9-2-1-3-10-8(9)4-5-18-10;/h4-5,9H,1-3,6-7,15H2,(H,16,17);1H. The van der Waals surface area contributed by atoms with E-state index in [0.717, 1.165) is 24.8 Å². The van der Waals surface area contributed by atoms with Crippen molar-refractivity contribution in [1.82, 2.24) is 5.32 Å². The van der Waals surface area contributed by atoms with E-state index in [4.69, 9.17) is 5.73 Å². The molecule has 7 heteroatoms. The molecule has 1 atom stereocenters. The quantitative estimate of drug-likeness (QED) is 0.896. The van der Waals surface area contributed by atoms with Crippen molar-refractivity contribution < 1.29 is 13.6 Å². The van der Waals surface area contributed by atoms with E-state index in [2.05, 4.69) is 5.32 Å². The van der Waals surface area contributed by atoms with Gasteiger partial charge >= 0.3 is 0 Å². The first-order valence-electron chi connectivity index (χ1n) is 5.95. The number of carbonyl (C=O) groups is 1. The summed E-state index contributed by atoms with van der Waals surface area (Å²) in [5, 5.41) is 4.26.